The van der Waals surface area contributed by atoms with Crippen molar-refractivity contribution in [2.75, 3.05) is 0 Å². The first-order chi connectivity index (χ1) is 5.24. The van der Waals surface area contributed by atoms with Gasteiger partial charge in [-0.1, -0.05) is 24.9 Å². The number of halogens is 1. The molecule has 2 heteroatoms. The topological polar surface area (TPSA) is 17.1 Å². The molecule has 1 atom stereocenters. The van der Waals surface area contributed by atoms with E-state index in [0.29, 0.717) is 5.92 Å². The van der Waals surface area contributed by atoms with Crippen LogP contribution in [0.15, 0.2) is 10.6 Å². The second-order valence-electron chi connectivity index (χ2n) is 3.25. The molecule has 0 amide bonds. The highest BCUT2D eigenvalue weighted by atomic mass is 35.5. The van der Waals surface area contributed by atoms with Crippen LogP contribution in [-0.4, -0.2) is 6.29 Å². The summed E-state index contributed by atoms with van der Waals surface area (Å²) in [5.74, 6) is 0.617. The largest absolute Gasteiger partial charge is 0.298 e. The number of rotatable bonds is 1. The predicted octanol–water partition coefficient (Wildman–Crippen LogP) is 2.89. The van der Waals surface area contributed by atoms with Crippen LogP contribution in [-0.2, 0) is 4.79 Å². The van der Waals surface area contributed by atoms with Crippen molar-refractivity contribution in [3.8, 4) is 0 Å². The second kappa shape index (κ2) is 3.91. The number of hydrogen-bond donors (Lipinski definition) is 0. The minimum absolute atomic E-state index is 0.617. The summed E-state index contributed by atoms with van der Waals surface area (Å²) >= 11 is 5.90. The van der Waals surface area contributed by atoms with Gasteiger partial charge in [0.2, 0.25) is 0 Å². The van der Waals surface area contributed by atoms with Crippen molar-refractivity contribution < 1.29 is 4.79 Å². The van der Waals surface area contributed by atoms with Crippen molar-refractivity contribution in [2.45, 2.75) is 32.6 Å². The number of hydrogen-bond acceptors (Lipinski definition) is 1. The lowest BCUT2D eigenvalue weighted by Crippen LogP contribution is -1.95. The minimum atomic E-state index is 0.617. The zero-order chi connectivity index (χ0) is 8.27. The molecule has 1 rings (SSSR count). The lowest BCUT2D eigenvalue weighted by molar-refractivity contribution is -0.105. The molecule has 0 saturated heterocycles. The highest BCUT2D eigenvalue weighted by molar-refractivity contribution is 6.31. The fraction of sp³-hybridized carbons (Fsp3) is 0.667. The van der Waals surface area contributed by atoms with Crippen LogP contribution in [0, 0.1) is 5.92 Å². The van der Waals surface area contributed by atoms with Gasteiger partial charge in [-0.25, -0.2) is 0 Å². The first-order valence-corrected chi connectivity index (χ1v) is 4.44. The van der Waals surface area contributed by atoms with Gasteiger partial charge in [0.25, 0.3) is 0 Å². The number of carbonyl (C=O) groups is 1. The molecule has 62 valence electrons. The fourth-order valence-corrected chi connectivity index (χ4v) is 1.72. The Labute approximate surface area is 72.4 Å². The van der Waals surface area contributed by atoms with Crippen LogP contribution in [0.2, 0.25) is 0 Å². The van der Waals surface area contributed by atoms with Gasteiger partial charge in [-0.3, -0.25) is 4.79 Å². The van der Waals surface area contributed by atoms with E-state index in [1.807, 2.05) is 0 Å². The quantitative estimate of drug-likeness (QED) is 0.556. The standard InChI is InChI=1S/C9H13ClO/c1-7-3-2-4-9(10)8(5-7)6-11/h6-7H,2-5H2,1H3. The van der Waals surface area contributed by atoms with Crippen LogP contribution in [0.3, 0.4) is 0 Å². The zero-order valence-electron chi connectivity index (χ0n) is 6.77. The van der Waals surface area contributed by atoms with Crippen LogP contribution in [0.1, 0.15) is 32.6 Å². The highest BCUT2D eigenvalue weighted by Crippen LogP contribution is 2.28. The van der Waals surface area contributed by atoms with Gasteiger partial charge in [0.1, 0.15) is 6.29 Å². The molecular formula is C9H13ClO. The normalized spacial score (nSPS) is 26.5. The second-order valence-corrected chi connectivity index (χ2v) is 3.71. The molecular weight excluding hydrogens is 160 g/mol. The van der Waals surface area contributed by atoms with E-state index in [9.17, 15) is 4.79 Å². The molecule has 0 aliphatic heterocycles. The molecule has 0 N–H and O–H groups in total. The Balaban J connectivity index is 2.72. The molecule has 1 unspecified atom stereocenters. The molecule has 0 radical (unpaired) electrons. The summed E-state index contributed by atoms with van der Waals surface area (Å²) in [6, 6.07) is 0. The summed E-state index contributed by atoms with van der Waals surface area (Å²) in [4.78, 5) is 10.5. The summed E-state index contributed by atoms with van der Waals surface area (Å²) in [6.45, 7) is 2.17. The van der Waals surface area contributed by atoms with Crippen molar-refractivity contribution in [1.29, 1.82) is 0 Å². The smallest absolute Gasteiger partial charge is 0.147 e. The summed E-state index contributed by atoms with van der Waals surface area (Å²) < 4.78 is 0. The zero-order valence-corrected chi connectivity index (χ0v) is 7.53. The van der Waals surface area contributed by atoms with E-state index in [-0.39, 0.29) is 0 Å². The Morgan fingerprint density at radius 1 is 1.64 bits per heavy atom. The number of carbonyl (C=O) groups excluding carboxylic acids is 1. The molecule has 0 bridgehead atoms. The van der Waals surface area contributed by atoms with Crippen LogP contribution in [0.4, 0.5) is 0 Å². The van der Waals surface area contributed by atoms with Gasteiger partial charge < -0.3 is 0 Å². The lowest BCUT2D eigenvalue weighted by atomic mass is 10.0. The Morgan fingerprint density at radius 3 is 3.00 bits per heavy atom. The Hall–Kier alpha value is -0.300. The first-order valence-electron chi connectivity index (χ1n) is 4.06. The monoisotopic (exact) mass is 172 g/mol. The molecule has 0 aromatic carbocycles. The fourth-order valence-electron chi connectivity index (χ4n) is 1.47. The lowest BCUT2D eigenvalue weighted by Gasteiger charge is -2.05. The molecule has 0 heterocycles. The summed E-state index contributed by atoms with van der Waals surface area (Å²) in [7, 11) is 0. The number of allylic oxidation sites excluding steroid dienone is 2. The molecule has 0 saturated carbocycles. The Kier molecular flexibility index (Phi) is 3.13. The van der Waals surface area contributed by atoms with Crippen molar-refractivity contribution in [3.63, 3.8) is 0 Å². The van der Waals surface area contributed by atoms with Crippen LogP contribution in [0.25, 0.3) is 0 Å². The molecule has 0 fully saturated rings. The molecule has 1 aliphatic carbocycles. The van der Waals surface area contributed by atoms with E-state index in [1.54, 1.807) is 0 Å². The average molecular weight is 173 g/mol. The average Bonchev–Trinajstić information content (AvgIpc) is 2.13. The van der Waals surface area contributed by atoms with E-state index in [4.69, 9.17) is 11.6 Å². The van der Waals surface area contributed by atoms with Gasteiger partial charge in [0, 0.05) is 10.6 Å². The van der Waals surface area contributed by atoms with Crippen LogP contribution >= 0.6 is 11.6 Å². The minimum Gasteiger partial charge on any atom is -0.298 e. The molecule has 0 aromatic rings. The van der Waals surface area contributed by atoms with Gasteiger partial charge >= 0.3 is 0 Å². The van der Waals surface area contributed by atoms with E-state index >= 15 is 0 Å². The van der Waals surface area contributed by atoms with Crippen molar-refractivity contribution >= 4 is 17.9 Å². The third-order valence-corrected chi connectivity index (χ3v) is 2.58. The summed E-state index contributed by atoms with van der Waals surface area (Å²) in [5, 5.41) is 0.782. The van der Waals surface area contributed by atoms with Gasteiger partial charge in [0.15, 0.2) is 0 Å². The summed E-state index contributed by atoms with van der Waals surface area (Å²) in [6.07, 6.45) is 4.97. The molecule has 0 spiro atoms. The third kappa shape index (κ3) is 2.33. The molecule has 1 nitrogen and oxygen atoms in total. The van der Waals surface area contributed by atoms with Gasteiger partial charge in [-0.15, -0.1) is 0 Å². The van der Waals surface area contributed by atoms with E-state index < -0.39 is 0 Å². The molecule has 11 heavy (non-hydrogen) atoms. The Bertz CT molecular complexity index is 184. The molecule has 1 aliphatic rings. The van der Waals surface area contributed by atoms with Crippen LogP contribution in [0.5, 0.6) is 0 Å². The van der Waals surface area contributed by atoms with E-state index in [1.165, 1.54) is 6.42 Å². The highest BCUT2D eigenvalue weighted by Gasteiger charge is 2.13. The SMILES string of the molecule is CC1CCCC(Cl)=C(C=O)C1. The third-order valence-electron chi connectivity index (χ3n) is 2.15. The number of aldehydes is 1. The molecule has 0 aromatic heterocycles. The predicted molar refractivity (Wildman–Crippen MR) is 46.6 cm³/mol. The van der Waals surface area contributed by atoms with E-state index in [2.05, 4.69) is 6.92 Å². The van der Waals surface area contributed by atoms with Crippen molar-refractivity contribution in [1.82, 2.24) is 0 Å². The van der Waals surface area contributed by atoms with Crippen molar-refractivity contribution in [3.05, 3.63) is 10.6 Å². The van der Waals surface area contributed by atoms with Gasteiger partial charge in [0.05, 0.1) is 0 Å². The first kappa shape index (κ1) is 8.79. The van der Waals surface area contributed by atoms with Gasteiger partial charge in [-0.05, 0) is 25.2 Å². The van der Waals surface area contributed by atoms with Crippen LogP contribution < -0.4 is 0 Å². The van der Waals surface area contributed by atoms with Crippen molar-refractivity contribution in [2.24, 2.45) is 5.92 Å². The van der Waals surface area contributed by atoms with E-state index in [0.717, 1.165) is 36.2 Å². The Morgan fingerprint density at radius 2 is 2.36 bits per heavy atom. The van der Waals surface area contributed by atoms with Gasteiger partial charge in [-0.2, -0.15) is 0 Å². The maximum atomic E-state index is 10.5. The maximum absolute atomic E-state index is 10.5. The maximum Gasteiger partial charge on any atom is 0.147 e. The summed E-state index contributed by atoms with van der Waals surface area (Å²) in [5.41, 5.74) is 0.816.